The van der Waals surface area contributed by atoms with E-state index in [2.05, 4.69) is 169 Å². The summed E-state index contributed by atoms with van der Waals surface area (Å²) >= 11 is 1.86. The third-order valence-corrected chi connectivity index (χ3v) is 10.8. The molecule has 3 heteroatoms. The van der Waals surface area contributed by atoms with Crippen LogP contribution in [-0.2, 0) is 0 Å². The minimum atomic E-state index is 0.878. The van der Waals surface area contributed by atoms with Crippen molar-refractivity contribution in [1.82, 2.24) is 0 Å². The van der Waals surface area contributed by atoms with E-state index in [1.54, 1.807) is 0 Å². The molecule has 0 aliphatic rings. The quantitative estimate of drug-likeness (QED) is 0.186. The summed E-state index contributed by atoms with van der Waals surface area (Å²) in [5.74, 6) is 0. The average molecular weight is 644 g/mol. The molecule has 0 saturated heterocycles. The van der Waals surface area contributed by atoms with E-state index in [4.69, 9.17) is 4.42 Å². The van der Waals surface area contributed by atoms with Gasteiger partial charge in [-0.15, -0.1) is 11.3 Å². The first-order valence-electron chi connectivity index (χ1n) is 16.6. The fourth-order valence-corrected chi connectivity index (χ4v) is 8.35. The predicted molar refractivity (Wildman–Crippen MR) is 210 cm³/mol. The molecule has 8 aromatic carbocycles. The summed E-state index contributed by atoms with van der Waals surface area (Å²) in [5.41, 5.74) is 9.77. The Bertz CT molecular complexity index is 2840. The summed E-state index contributed by atoms with van der Waals surface area (Å²) in [4.78, 5) is 2.33. The number of nitrogens with zero attached hydrogens (tertiary/aromatic N) is 1. The number of hydrogen-bond acceptors (Lipinski definition) is 3. The van der Waals surface area contributed by atoms with Gasteiger partial charge in [-0.25, -0.2) is 0 Å². The van der Waals surface area contributed by atoms with Gasteiger partial charge in [-0.1, -0.05) is 109 Å². The van der Waals surface area contributed by atoms with Crippen LogP contribution in [0, 0.1) is 0 Å². The standard InChI is InChI=1S/C46H29NOS/c1-2-9-32-26-34(17-16-30(32)8-1)31-18-21-36(22-19-31)47(38-23-25-40-39-12-3-5-14-43(39)48-44(40)29-38)37-11-7-10-33(27-37)35-20-24-42-41-13-4-6-15-45(41)49-46(42)28-35/h1-29H. The van der Waals surface area contributed by atoms with Crippen molar-refractivity contribution < 1.29 is 4.42 Å². The molecular formula is C46H29NOS. The maximum Gasteiger partial charge on any atom is 0.137 e. The second kappa shape index (κ2) is 11.2. The molecule has 2 aromatic heterocycles. The van der Waals surface area contributed by atoms with Gasteiger partial charge in [-0.05, 0) is 93.7 Å². The molecule has 49 heavy (non-hydrogen) atoms. The molecule has 0 amide bonds. The van der Waals surface area contributed by atoms with Crippen LogP contribution in [0.2, 0.25) is 0 Å². The van der Waals surface area contributed by atoms with Gasteiger partial charge in [0.05, 0.1) is 0 Å². The van der Waals surface area contributed by atoms with Gasteiger partial charge < -0.3 is 9.32 Å². The van der Waals surface area contributed by atoms with E-state index in [1.807, 2.05) is 23.5 Å². The average Bonchev–Trinajstić information content (AvgIpc) is 3.73. The second-order valence-corrected chi connectivity index (χ2v) is 13.7. The van der Waals surface area contributed by atoms with Crippen molar-refractivity contribution in [2.45, 2.75) is 0 Å². The van der Waals surface area contributed by atoms with Crippen molar-refractivity contribution in [2.75, 3.05) is 4.90 Å². The molecule has 0 saturated carbocycles. The van der Waals surface area contributed by atoms with Crippen LogP contribution in [0.25, 0.3) is 75.1 Å². The van der Waals surface area contributed by atoms with Crippen molar-refractivity contribution >= 4 is 81.3 Å². The molecule has 10 aromatic rings. The molecule has 0 fully saturated rings. The first-order chi connectivity index (χ1) is 24.2. The maximum atomic E-state index is 6.36. The lowest BCUT2D eigenvalue weighted by Gasteiger charge is -2.26. The lowest BCUT2D eigenvalue weighted by Crippen LogP contribution is -2.10. The van der Waals surface area contributed by atoms with Gasteiger partial charge in [-0.3, -0.25) is 0 Å². The summed E-state index contributed by atoms with van der Waals surface area (Å²) in [6.07, 6.45) is 0. The first kappa shape index (κ1) is 27.9. The molecule has 0 N–H and O–H groups in total. The van der Waals surface area contributed by atoms with Gasteiger partial charge in [0.25, 0.3) is 0 Å². The molecule has 0 aliphatic heterocycles. The molecule has 0 unspecified atom stereocenters. The molecule has 230 valence electrons. The highest BCUT2D eigenvalue weighted by atomic mass is 32.1. The highest BCUT2D eigenvalue weighted by Crippen LogP contribution is 2.41. The van der Waals surface area contributed by atoms with Crippen LogP contribution < -0.4 is 4.90 Å². The van der Waals surface area contributed by atoms with Crippen LogP contribution in [0.3, 0.4) is 0 Å². The fraction of sp³-hybridized carbons (Fsp3) is 0. The normalized spacial score (nSPS) is 11.7. The van der Waals surface area contributed by atoms with Crippen LogP contribution in [0.15, 0.2) is 180 Å². The van der Waals surface area contributed by atoms with Crippen LogP contribution in [0.4, 0.5) is 17.1 Å². The topological polar surface area (TPSA) is 16.4 Å². The largest absolute Gasteiger partial charge is 0.456 e. The van der Waals surface area contributed by atoms with E-state index in [0.29, 0.717) is 0 Å². The Hall–Kier alpha value is -6.16. The van der Waals surface area contributed by atoms with Crippen LogP contribution >= 0.6 is 11.3 Å². The van der Waals surface area contributed by atoms with Gasteiger partial charge in [0.2, 0.25) is 0 Å². The summed E-state index contributed by atoms with van der Waals surface area (Å²) in [5, 5.41) is 7.39. The highest BCUT2D eigenvalue weighted by Gasteiger charge is 2.17. The number of benzene rings is 8. The number of furan rings is 1. The predicted octanol–water partition coefficient (Wildman–Crippen LogP) is 13.9. The van der Waals surface area contributed by atoms with Crippen molar-refractivity contribution in [3.05, 3.63) is 176 Å². The summed E-state index contributed by atoms with van der Waals surface area (Å²) in [7, 11) is 0. The summed E-state index contributed by atoms with van der Waals surface area (Å²) in [6, 6.07) is 63.3. The molecule has 2 heterocycles. The number of rotatable bonds is 5. The minimum Gasteiger partial charge on any atom is -0.456 e. The number of para-hydroxylation sites is 1. The van der Waals surface area contributed by atoms with Crippen molar-refractivity contribution in [1.29, 1.82) is 0 Å². The van der Waals surface area contributed by atoms with Gasteiger partial charge >= 0.3 is 0 Å². The van der Waals surface area contributed by atoms with Crippen molar-refractivity contribution in [3.8, 4) is 22.3 Å². The van der Waals surface area contributed by atoms with Gasteiger partial charge in [0, 0.05) is 54.1 Å². The number of anilines is 3. The molecular weight excluding hydrogens is 615 g/mol. The van der Waals surface area contributed by atoms with E-state index in [-0.39, 0.29) is 0 Å². The lowest BCUT2D eigenvalue weighted by atomic mass is 10.0. The van der Waals surface area contributed by atoms with E-state index in [0.717, 1.165) is 39.0 Å². The molecule has 0 radical (unpaired) electrons. The van der Waals surface area contributed by atoms with Crippen LogP contribution in [-0.4, -0.2) is 0 Å². The zero-order chi connectivity index (χ0) is 32.3. The third-order valence-electron chi connectivity index (χ3n) is 9.65. The Balaban J connectivity index is 1.10. The van der Waals surface area contributed by atoms with Crippen molar-refractivity contribution in [2.24, 2.45) is 0 Å². The number of thiophene rings is 1. The molecule has 0 atom stereocenters. The zero-order valence-corrected chi connectivity index (χ0v) is 27.3. The molecule has 0 aliphatic carbocycles. The lowest BCUT2D eigenvalue weighted by molar-refractivity contribution is 0.669. The maximum absolute atomic E-state index is 6.36. The van der Waals surface area contributed by atoms with E-state index in [9.17, 15) is 0 Å². The van der Waals surface area contributed by atoms with Crippen LogP contribution in [0.1, 0.15) is 0 Å². The SMILES string of the molecule is c1cc(-c2ccc3c(c2)sc2ccccc23)cc(N(c2ccc(-c3ccc4ccccc4c3)cc2)c2ccc3c(c2)oc2ccccc23)c1. The highest BCUT2D eigenvalue weighted by molar-refractivity contribution is 7.25. The monoisotopic (exact) mass is 643 g/mol. The Morgan fingerprint density at radius 3 is 1.90 bits per heavy atom. The number of hydrogen-bond donors (Lipinski definition) is 0. The van der Waals surface area contributed by atoms with E-state index in [1.165, 1.54) is 53.2 Å². The molecule has 2 nitrogen and oxygen atoms in total. The molecule has 10 rings (SSSR count). The van der Waals surface area contributed by atoms with Gasteiger partial charge in [0.1, 0.15) is 11.2 Å². The third kappa shape index (κ3) is 4.78. The van der Waals surface area contributed by atoms with Crippen LogP contribution in [0.5, 0.6) is 0 Å². The Labute approximate surface area is 287 Å². The number of fused-ring (bicyclic) bond motifs is 7. The Morgan fingerprint density at radius 2 is 0.980 bits per heavy atom. The van der Waals surface area contributed by atoms with E-state index < -0.39 is 0 Å². The molecule has 0 spiro atoms. The summed E-state index contributed by atoms with van der Waals surface area (Å²) in [6.45, 7) is 0. The molecule has 0 bridgehead atoms. The van der Waals surface area contributed by atoms with Crippen molar-refractivity contribution in [3.63, 3.8) is 0 Å². The zero-order valence-electron chi connectivity index (χ0n) is 26.5. The second-order valence-electron chi connectivity index (χ2n) is 12.6. The smallest absolute Gasteiger partial charge is 0.137 e. The van der Waals surface area contributed by atoms with Gasteiger partial charge in [0.15, 0.2) is 0 Å². The Morgan fingerprint density at radius 1 is 0.347 bits per heavy atom. The Kier molecular flexibility index (Phi) is 6.39. The first-order valence-corrected chi connectivity index (χ1v) is 17.4. The minimum absolute atomic E-state index is 0.878. The van der Waals surface area contributed by atoms with Gasteiger partial charge in [-0.2, -0.15) is 0 Å². The summed E-state index contributed by atoms with van der Waals surface area (Å²) < 4.78 is 8.99. The van der Waals surface area contributed by atoms with E-state index >= 15 is 0 Å². The fourth-order valence-electron chi connectivity index (χ4n) is 7.20.